The van der Waals surface area contributed by atoms with Crippen molar-refractivity contribution >= 4 is 22.9 Å². The van der Waals surface area contributed by atoms with E-state index in [0.717, 1.165) is 16.6 Å². The number of esters is 1. The van der Waals surface area contributed by atoms with E-state index in [1.165, 1.54) is 6.07 Å². The third-order valence-electron chi connectivity index (χ3n) is 4.71. The van der Waals surface area contributed by atoms with Crippen LogP contribution in [0, 0.1) is 5.82 Å². The number of nitrogens with one attached hydrogen (secondary N) is 1. The number of carbonyl (C=O) groups is 2. The van der Waals surface area contributed by atoms with Crippen LogP contribution in [-0.2, 0) is 22.6 Å². The Hall–Kier alpha value is -4.07. The first kappa shape index (κ1) is 20.2. The first-order valence-electron chi connectivity index (χ1n) is 9.64. The van der Waals surface area contributed by atoms with Crippen LogP contribution in [0.15, 0.2) is 72.8 Å². The molecule has 3 aromatic carbocycles. The van der Waals surface area contributed by atoms with Crippen molar-refractivity contribution in [2.45, 2.75) is 13.1 Å². The third-order valence-corrected chi connectivity index (χ3v) is 4.71. The highest BCUT2D eigenvalue weighted by molar-refractivity contribution is 5.91. The lowest BCUT2D eigenvalue weighted by Gasteiger charge is -2.08. The molecule has 0 spiro atoms. The normalized spacial score (nSPS) is 10.7. The maximum atomic E-state index is 13.6. The smallest absolute Gasteiger partial charge is 0.338 e. The molecular weight excluding hydrogens is 399 g/mol. The van der Waals surface area contributed by atoms with Crippen LogP contribution in [0.25, 0.3) is 11.0 Å². The van der Waals surface area contributed by atoms with E-state index in [9.17, 15) is 14.0 Å². The van der Waals surface area contributed by atoms with Crippen molar-refractivity contribution in [2.24, 2.45) is 0 Å². The number of benzene rings is 3. The quantitative estimate of drug-likeness (QED) is 0.466. The van der Waals surface area contributed by atoms with Crippen LogP contribution in [0.3, 0.4) is 0 Å². The number of rotatable bonds is 7. The standard InChI is InChI=1S/C23H19FN4O3/c24-19-6-2-1-5-18(19)13-25-22(29)15-31-23(30)17-11-9-16(10-12-17)14-28-21-8-4-3-7-20(21)26-27-28/h1-12H,13-15H2,(H,25,29). The number of hydrogen-bond donors (Lipinski definition) is 1. The van der Waals surface area contributed by atoms with Gasteiger partial charge in [0.25, 0.3) is 5.91 Å². The van der Waals surface area contributed by atoms with Crippen LogP contribution in [-0.4, -0.2) is 33.5 Å². The molecule has 7 nitrogen and oxygen atoms in total. The largest absolute Gasteiger partial charge is 0.452 e. The topological polar surface area (TPSA) is 86.1 Å². The molecule has 0 saturated carbocycles. The van der Waals surface area contributed by atoms with Crippen molar-refractivity contribution in [1.82, 2.24) is 20.3 Å². The molecule has 156 valence electrons. The molecule has 4 aromatic rings. The minimum Gasteiger partial charge on any atom is -0.452 e. The van der Waals surface area contributed by atoms with Gasteiger partial charge in [-0.1, -0.05) is 47.7 Å². The zero-order chi connectivity index (χ0) is 21.6. The number of hydrogen-bond acceptors (Lipinski definition) is 5. The molecule has 31 heavy (non-hydrogen) atoms. The monoisotopic (exact) mass is 418 g/mol. The van der Waals surface area contributed by atoms with Gasteiger partial charge in [0.05, 0.1) is 17.6 Å². The van der Waals surface area contributed by atoms with Gasteiger partial charge in [0.15, 0.2) is 6.61 Å². The molecule has 1 aromatic heterocycles. The summed E-state index contributed by atoms with van der Waals surface area (Å²) in [5.74, 6) is -1.52. The lowest BCUT2D eigenvalue weighted by Crippen LogP contribution is -2.28. The van der Waals surface area contributed by atoms with Crippen molar-refractivity contribution in [3.63, 3.8) is 0 Å². The molecule has 0 radical (unpaired) electrons. The lowest BCUT2D eigenvalue weighted by molar-refractivity contribution is -0.124. The second-order valence-electron chi connectivity index (χ2n) is 6.88. The summed E-state index contributed by atoms with van der Waals surface area (Å²) in [4.78, 5) is 24.1. The first-order chi connectivity index (χ1) is 15.1. The number of nitrogens with zero attached hydrogens (tertiary/aromatic N) is 3. The number of ether oxygens (including phenoxy) is 1. The molecule has 1 N–H and O–H groups in total. The molecule has 0 bridgehead atoms. The Morgan fingerprint density at radius 1 is 0.968 bits per heavy atom. The molecule has 0 atom stereocenters. The van der Waals surface area contributed by atoms with Gasteiger partial charge < -0.3 is 10.1 Å². The van der Waals surface area contributed by atoms with Gasteiger partial charge in [-0.3, -0.25) is 4.79 Å². The van der Waals surface area contributed by atoms with E-state index >= 15 is 0 Å². The highest BCUT2D eigenvalue weighted by Crippen LogP contribution is 2.13. The van der Waals surface area contributed by atoms with E-state index in [1.54, 1.807) is 47.1 Å². The zero-order valence-corrected chi connectivity index (χ0v) is 16.5. The molecule has 0 unspecified atom stereocenters. The van der Waals surface area contributed by atoms with Crippen LogP contribution in [0.5, 0.6) is 0 Å². The van der Waals surface area contributed by atoms with E-state index < -0.39 is 24.3 Å². The van der Waals surface area contributed by atoms with Gasteiger partial charge >= 0.3 is 5.97 Å². The fourth-order valence-electron chi connectivity index (χ4n) is 3.05. The number of aromatic nitrogens is 3. The fraction of sp³-hybridized carbons (Fsp3) is 0.130. The maximum Gasteiger partial charge on any atom is 0.338 e. The molecule has 4 rings (SSSR count). The predicted molar refractivity (Wildman–Crippen MR) is 112 cm³/mol. The maximum absolute atomic E-state index is 13.6. The number of carbonyl (C=O) groups excluding carboxylic acids is 2. The van der Waals surface area contributed by atoms with Crippen molar-refractivity contribution < 1.29 is 18.7 Å². The summed E-state index contributed by atoms with van der Waals surface area (Å²) in [5.41, 5.74) is 3.37. The van der Waals surface area contributed by atoms with E-state index in [0.29, 0.717) is 17.7 Å². The van der Waals surface area contributed by atoms with Crippen molar-refractivity contribution in [3.8, 4) is 0 Å². The van der Waals surface area contributed by atoms with E-state index in [2.05, 4.69) is 15.6 Å². The molecule has 0 aliphatic heterocycles. The second-order valence-corrected chi connectivity index (χ2v) is 6.88. The molecule has 0 saturated heterocycles. The molecule has 1 amide bonds. The van der Waals surface area contributed by atoms with Crippen LogP contribution in [0.1, 0.15) is 21.5 Å². The fourth-order valence-corrected chi connectivity index (χ4v) is 3.05. The van der Waals surface area contributed by atoms with Crippen molar-refractivity contribution in [1.29, 1.82) is 0 Å². The Morgan fingerprint density at radius 3 is 2.52 bits per heavy atom. The van der Waals surface area contributed by atoms with Gasteiger partial charge in [0.2, 0.25) is 0 Å². The van der Waals surface area contributed by atoms with E-state index in [1.807, 2.05) is 24.3 Å². The molecule has 0 aliphatic carbocycles. The van der Waals surface area contributed by atoms with Gasteiger partial charge in [-0.05, 0) is 35.9 Å². The average Bonchev–Trinajstić information content (AvgIpc) is 3.20. The van der Waals surface area contributed by atoms with E-state index in [-0.39, 0.29) is 6.54 Å². The number of para-hydroxylation sites is 1. The minimum atomic E-state index is -0.612. The van der Waals surface area contributed by atoms with Gasteiger partial charge in [0.1, 0.15) is 11.3 Å². The number of fused-ring (bicyclic) bond motifs is 1. The minimum absolute atomic E-state index is 0.0225. The predicted octanol–water partition coefficient (Wildman–Crippen LogP) is 3.09. The summed E-state index contributed by atoms with van der Waals surface area (Å²) >= 11 is 0. The molecule has 0 fully saturated rings. The summed E-state index contributed by atoms with van der Waals surface area (Å²) in [7, 11) is 0. The highest BCUT2D eigenvalue weighted by atomic mass is 19.1. The first-order valence-corrected chi connectivity index (χ1v) is 9.64. The Kier molecular flexibility index (Phi) is 5.98. The van der Waals surface area contributed by atoms with Crippen LogP contribution in [0.4, 0.5) is 4.39 Å². The Bertz CT molecular complexity index is 1220. The van der Waals surface area contributed by atoms with Gasteiger partial charge in [-0.25, -0.2) is 13.9 Å². The molecule has 1 heterocycles. The average molecular weight is 418 g/mol. The van der Waals surface area contributed by atoms with Gasteiger partial charge in [-0.15, -0.1) is 5.10 Å². The van der Waals surface area contributed by atoms with Crippen LogP contribution < -0.4 is 5.32 Å². The van der Waals surface area contributed by atoms with Crippen LogP contribution in [0.2, 0.25) is 0 Å². The van der Waals surface area contributed by atoms with E-state index in [4.69, 9.17) is 4.74 Å². The Labute approximate surface area is 177 Å². The molecular formula is C23H19FN4O3. The highest BCUT2D eigenvalue weighted by Gasteiger charge is 2.11. The van der Waals surface area contributed by atoms with Crippen LogP contribution >= 0.6 is 0 Å². The summed E-state index contributed by atoms with van der Waals surface area (Å²) in [5, 5.41) is 10.8. The van der Waals surface area contributed by atoms with Crippen molar-refractivity contribution in [2.75, 3.05) is 6.61 Å². The molecule has 0 aliphatic rings. The van der Waals surface area contributed by atoms with Crippen molar-refractivity contribution in [3.05, 3.63) is 95.3 Å². The van der Waals surface area contributed by atoms with Gasteiger partial charge in [-0.2, -0.15) is 0 Å². The van der Waals surface area contributed by atoms with Gasteiger partial charge in [0, 0.05) is 12.1 Å². The SMILES string of the molecule is O=C(COC(=O)c1ccc(Cn2nnc3ccccc32)cc1)NCc1ccccc1F. The number of amides is 1. The second kappa shape index (κ2) is 9.17. The summed E-state index contributed by atoms with van der Waals surface area (Å²) in [6.45, 7) is 0.0863. The summed E-state index contributed by atoms with van der Waals surface area (Å²) in [6, 6.07) is 20.7. The summed E-state index contributed by atoms with van der Waals surface area (Å²) in [6.07, 6.45) is 0. The lowest BCUT2D eigenvalue weighted by atomic mass is 10.1. The Morgan fingerprint density at radius 2 is 1.71 bits per heavy atom. The Balaban J connectivity index is 1.29. The molecule has 8 heteroatoms. The third kappa shape index (κ3) is 4.92. The summed E-state index contributed by atoms with van der Waals surface area (Å²) < 4.78 is 20.4. The zero-order valence-electron chi connectivity index (χ0n) is 16.5. The number of halogens is 1.